The Morgan fingerprint density at radius 1 is 1.03 bits per heavy atom. The first-order chi connectivity index (χ1) is 13.9. The van der Waals surface area contributed by atoms with Crippen LogP contribution in [0.1, 0.15) is 90.4 Å². The van der Waals surface area contributed by atoms with E-state index in [2.05, 4.69) is 6.92 Å². The van der Waals surface area contributed by atoms with Gasteiger partial charge in [0.2, 0.25) is 0 Å². The predicted molar refractivity (Wildman–Crippen MR) is 118 cm³/mol. The number of aliphatic hydroxyl groups is 1. The molecule has 6 nitrogen and oxygen atoms in total. The van der Waals surface area contributed by atoms with Gasteiger partial charge in [0.1, 0.15) is 0 Å². The van der Waals surface area contributed by atoms with Gasteiger partial charge in [-0.3, -0.25) is 4.79 Å². The Morgan fingerprint density at radius 3 is 2.07 bits per heavy atom. The number of hydrogen-bond acceptors (Lipinski definition) is 6. The quantitative estimate of drug-likeness (QED) is 0.137. The van der Waals surface area contributed by atoms with Crippen LogP contribution in [0.3, 0.4) is 0 Å². The normalized spacial score (nSPS) is 14.2. The van der Waals surface area contributed by atoms with Gasteiger partial charge in [-0.2, -0.15) is 0 Å². The summed E-state index contributed by atoms with van der Waals surface area (Å²) >= 11 is 1.23. The van der Waals surface area contributed by atoms with E-state index in [1.54, 1.807) is 0 Å². The summed E-state index contributed by atoms with van der Waals surface area (Å²) < 4.78 is 0. The molecule has 0 spiro atoms. The number of carbonyl (C=O) groups excluding carboxylic acids is 1. The maximum atomic E-state index is 10.8. The van der Waals surface area contributed by atoms with E-state index in [0.29, 0.717) is 0 Å². The minimum atomic E-state index is -1.33. The van der Waals surface area contributed by atoms with E-state index >= 15 is 0 Å². The van der Waals surface area contributed by atoms with Crippen molar-refractivity contribution in [2.45, 2.75) is 108 Å². The van der Waals surface area contributed by atoms with Crippen molar-refractivity contribution in [2.75, 3.05) is 5.75 Å². The van der Waals surface area contributed by atoms with Gasteiger partial charge in [-0.15, -0.1) is 11.8 Å². The molecule has 0 rings (SSSR count). The van der Waals surface area contributed by atoms with Gasteiger partial charge in [-0.05, 0) is 19.3 Å². The summed E-state index contributed by atoms with van der Waals surface area (Å²) in [5.41, 5.74) is 5.47. The average molecular weight is 454 g/mol. The minimum Gasteiger partial charge on any atom is -0.548 e. The molecule has 0 heterocycles. The Morgan fingerprint density at radius 2 is 1.57 bits per heavy atom. The van der Waals surface area contributed by atoms with Crippen LogP contribution in [-0.2, 0) is 9.59 Å². The van der Waals surface area contributed by atoms with E-state index in [1.807, 2.05) is 12.2 Å². The molecule has 0 aromatic heterocycles. The third kappa shape index (κ3) is 19.9. The predicted octanol–water partition coefficient (Wildman–Crippen LogP) is 0.262. The van der Waals surface area contributed by atoms with Gasteiger partial charge in [-0.25, -0.2) is 0 Å². The summed E-state index contributed by atoms with van der Waals surface area (Å²) in [6.45, 7) is 2.23. The van der Waals surface area contributed by atoms with E-state index in [1.165, 1.54) is 69.5 Å². The standard InChI is InChI=1S/C22H41NO5S.Na/c1-2-3-4-5-6-7-8-9-10-11-12-13-14-20(19(24)15-16-21(25)26)29-17-18(23)22(27)28;/h13-14,18-20,24H,2-12,15-17,23H2,1H3,(H,25,26)(H,27,28);/q;+1/p-1/b14-13-;/t18-,19-,20+;/m0./s1. The van der Waals surface area contributed by atoms with Crippen molar-refractivity contribution in [1.82, 2.24) is 0 Å². The molecule has 0 unspecified atom stereocenters. The fourth-order valence-electron chi connectivity index (χ4n) is 2.99. The van der Waals surface area contributed by atoms with Crippen molar-refractivity contribution in [2.24, 2.45) is 5.73 Å². The molecule has 0 aromatic carbocycles. The smallest absolute Gasteiger partial charge is 0.548 e. The second kappa shape index (κ2) is 22.2. The molecule has 0 bridgehead atoms. The Kier molecular flexibility index (Phi) is 23.7. The van der Waals surface area contributed by atoms with Crippen LogP contribution >= 0.6 is 11.8 Å². The van der Waals surface area contributed by atoms with Gasteiger partial charge < -0.3 is 25.8 Å². The number of aliphatic hydroxyl groups excluding tert-OH is 1. The van der Waals surface area contributed by atoms with Crippen LogP contribution in [0.15, 0.2) is 12.2 Å². The molecule has 0 aliphatic carbocycles. The second-order valence-electron chi connectivity index (χ2n) is 7.62. The van der Waals surface area contributed by atoms with Gasteiger partial charge in [0, 0.05) is 17.4 Å². The summed E-state index contributed by atoms with van der Waals surface area (Å²) in [5, 5.41) is 29.4. The molecule has 3 atom stereocenters. The first-order valence-electron chi connectivity index (χ1n) is 11.0. The van der Waals surface area contributed by atoms with E-state index in [0.717, 1.165) is 12.8 Å². The molecule has 0 aliphatic heterocycles. The first-order valence-corrected chi connectivity index (χ1v) is 12.1. The molecule has 30 heavy (non-hydrogen) atoms. The van der Waals surface area contributed by atoms with Crippen LogP contribution < -0.4 is 40.4 Å². The van der Waals surface area contributed by atoms with Crippen LogP contribution in [-0.4, -0.2) is 45.3 Å². The zero-order valence-corrected chi connectivity index (χ0v) is 21.7. The fourth-order valence-corrected chi connectivity index (χ4v) is 4.14. The van der Waals surface area contributed by atoms with Crippen LogP contribution in [0.5, 0.6) is 0 Å². The Labute approximate surface area is 208 Å². The molecule has 0 aliphatic rings. The van der Waals surface area contributed by atoms with Gasteiger partial charge >= 0.3 is 35.5 Å². The minimum absolute atomic E-state index is 0. The van der Waals surface area contributed by atoms with Gasteiger partial charge in [-0.1, -0.05) is 76.9 Å². The number of thioether (sulfide) groups is 1. The van der Waals surface area contributed by atoms with Gasteiger partial charge in [0.05, 0.1) is 18.1 Å². The van der Waals surface area contributed by atoms with Crippen LogP contribution in [0.25, 0.3) is 0 Å². The maximum absolute atomic E-state index is 10.8. The zero-order valence-electron chi connectivity index (χ0n) is 18.9. The summed E-state index contributed by atoms with van der Waals surface area (Å²) in [6.07, 6.45) is 16.6. The van der Waals surface area contributed by atoms with Crippen molar-refractivity contribution in [3.8, 4) is 0 Å². The molecule has 170 valence electrons. The van der Waals surface area contributed by atoms with Gasteiger partial charge in [0.15, 0.2) is 0 Å². The number of hydrogen-bond donors (Lipinski definition) is 3. The molecular formula is C22H40NNaO5S. The van der Waals surface area contributed by atoms with Crippen molar-refractivity contribution in [1.29, 1.82) is 0 Å². The van der Waals surface area contributed by atoms with Crippen molar-refractivity contribution >= 4 is 23.7 Å². The number of allylic oxidation sites excluding steroid dienone is 1. The monoisotopic (exact) mass is 453 g/mol. The molecule has 0 saturated heterocycles. The molecule has 4 N–H and O–H groups in total. The number of carbonyl (C=O) groups is 2. The van der Waals surface area contributed by atoms with E-state index in [4.69, 9.17) is 10.8 Å². The van der Waals surface area contributed by atoms with Crippen molar-refractivity contribution in [3.05, 3.63) is 12.2 Å². The second-order valence-corrected chi connectivity index (χ2v) is 8.83. The first kappa shape index (κ1) is 32.1. The topological polar surface area (TPSA) is 124 Å². The molecule has 8 heteroatoms. The summed E-state index contributed by atoms with van der Waals surface area (Å²) in [6, 6.07) is -1.11. The largest absolute Gasteiger partial charge is 1.00 e. The number of unbranched alkanes of at least 4 members (excludes halogenated alkanes) is 10. The van der Waals surface area contributed by atoms with Crippen LogP contribution in [0.4, 0.5) is 0 Å². The SMILES string of the molecule is CCCCCCCCCCCC/C=C\[C@@H](SC[C@H](N)C(=O)[O-])[C@@H](O)CCC(=O)O.[Na+]. The number of rotatable bonds is 20. The Hall–Kier alpha value is -0.0500. The third-order valence-electron chi connectivity index (χ3n) is 4.85. The van der Waals surface area contributed by atoms with Crippen LogP contribution in [0.2, 0.25) is 0 Å². The third-order valence-corrected chi connectivity index (χ3v) is 6.26. The number of aliphatic carboxylic acids is 2. The summed E-state index contributed by atoms with van der Waals surface area (Å²) in [7, 11) is 0. The van der Waals surface area contributed by atoms with Crippen molar-refractivity contribution < 1.29 is 54.5 Å². The summed E-state index contributed by atoms with van der Waals surface area (Å²) in [5.74, 6) is -2.18. The Balaban J connectivity index is 0. The number of carboxylic acids is 2. The molecular weight excluding hydrogens is 413 g/mol. The van der Waals surface area contributed by atoms with E-state index in [-0.39, 0.29) is 53.4 Å². The van der Waals surface area contributed by atoms with E-state index in [9.17, 15) is 19.8 Å². The zero-order chi connectivity index (χ0) is 21.9. The molecule has 0 saturated carbocycles. The molecule has 0 aromatic rings. The van der Waals surface area contributed by atoms with E-state index < -0.39 is 24.1 Å². The molecule has 0 amide bonds. The molecule has 0 radical (unpaired) electrons. The number of nitrogens with two attached hydrogens (primary N) is 1. The summed E-state index contributed by atoms with van der Waals surface area (Å²) in [4.78, 5) is 21.5. The fraction of sp³-hybridized carbons (Fsp3) is 0.818. The molecule has 0 fully saturated rings. The maximum Gasteiger partial charge on any atom is 1.00 e. The van der Waals surface area contributed by atoms with Gasteiger partial charge in [0.25, 0.3) is 0 Å². The van der Waals surface area contributed by atoms with Crippen LogP contribution in [0, 0.1) is 0 Å². The number of carboxylic acid groups (broad SMARTS) is 2. The van der Waals surface area contributed by atoms with Crippen molar-refractivity contribution in [3.63, 3.8) is 0 Å². The average Bonchev–Trinajstić information content (AvgIpc) is 2.68. The Bertz CT molecular complexity index is 465.